The number of benzene rings is 6. The topological polar surface area (TPSA) is 3.24 Å². The zero-order valence-corrected chi connectivity index (χ0v) is 24.8. The summed E-state index contributed by atoms with van der Waals surface area (Å²) in [5, 5.41) is 2.64. The first-order valence-corrected chi connectivity index (χ1v) is 15.8. The smallest absolute Gasteiger partial charge is 0.0540 e. The van der Waals surface area contributed by atoms with E-state index in [1.54, 1.807) is 0 Å². The molecule has 6 aromatic carbocycles. The summed E-state index contributed by atoms with van der Waals surface area (Å²) < 4.78 is 2.66. The summed E-state index contributed by atoms with van der Waals surface area (Å²) in [6, 6.07) is 53.3. The van der Waals surface area contributed by atoms with Crippen molar-refractivity contribution in [2.24, 2.45) is 5.92 Å². The van der Waals surface area contributed by atoms with Crippen LogP contribution < -0.4 is 4.90 Å². The summed E-state index contributed by atoms with van der Waals surface area (Å²) in [6.07, 6.45) is 4.63. The van der Waals surface area contributed by atoms with Crippen LogP contribution in [0.5, 0.6) is 0 Å². The summed E-state index contributed by atoms with van der Waals surface area (Å²) in [5.41, 5.74) is 9.98. The Hall–Kier alpha value is -4.92. The molecule has 0 radical (unpaired) electrons. The summed E-state index contributed by atoms with van der Waals surface area (Å²) in [7, 11) is 0. The normalized spacial score (nSPS) is 15.9. The van der Waals surface area contributed by atoms with Crippen LogP contribution in [0, 0.1) is 5.92 Å². The van der Waals surface area contributed by atoms with E-state index in [1.807, 2.05) is 11.3 Å². The zero-order chi connectivity index (χ0) is 28.8. The van der Waals surface area contributed by atoms with Gasteiger partial charge < -0.3 is 4.90 Å². The molecule has 0 aliphatic heterocycles. The summed E-state index contributed by atoms with van der Waals surface area (Å²) in [6.45, 7) is 2.33. The van der Waals surface area contributed by atoms with Crippen molar-refractivity contribution in [2.75, 3.05) is 4.90 Å². The van der Waals surface area contributed by atoms with E-state index in [-0.39, 0.29) is 0 Å². The maximum atomic E-state index is 2.42. The fourth-order valence-electron chi connectivity index (χ4n) is 6.75. The first kappa shape index (κ1) is 25.8. The second kappa shape index (κ2) is 10.7. The van der Waals surface area contributed by atoms with Gasteiger partial charge in [-0.2, -0.15) is 0 Å². The van der Waals surface area contributed by atoms with Crippen molar-refractivity contribution in [3.63, 3.8) is 0 Å². The molecule has 0 N–H and O–H groups in total. The van der Waals surface area contributed by atoms with Crippen LogP contribution in [0.1, 0.15) is 29.5 Å². The third-order valence-corrected chi connectivity index (χ3v) is 9.92. The van der Waals surface area contributed by atoms with E-state index in [4.69, 9.17) is 0 Å². The van der Waals surface area contributed by atoms with Crippen molar-refractivity contribution in [1.82, 2.24) is 0 Å². The largest absolute Gasteiger partial charge is 0.310 e. The average Bonchev–Trinajstić information content (AvgIpc) is 3.44. The zero-order valence-electron chi connectivity index (χ0n) is 24.0. The highest BCUT2D eigenvalue weighted by Crippen LogP contribution is 2.45. The lowest BCUT2D eigenvalue weighted by Gasteiger charge is -2.31. The predicted molar refractivity (Wildman–Crippen MR) is 186 cm³/mol. The van der Waals surface area contributed by atoms with Crippen molar-refractivity contribution in [3.8, 4) is 11.1 Å². The first-order valence-electron chi connectivity index (χ1n) is 15.0. The van der Waals surface area contributed by atoms with Gasteiger partial charge in [0, 0.05) is 43.0 Å². The van der Waals surface area contributed by atoms with Crippen molar-refractivity contribution in [2.45, 2.75) is 12.8 Å². The van der Waals surface area contributed by atoms with E-state index in [2.05, 4.69) is 170 Å². The number of nitrogens with zero attached hydrogens (tertiary/aromatic N) is 1. The number of anilines is 3. The molecule has 0 bridgehead atoms. The maximum absolute atomic E-state index is 2.42. The Kier molecular flexibility index (Phi) is 6.43. The molecule has 1 aliphatic carbocycles. The SMILES string of the molecule is CC1C=Cc2ccccc2C1c1cccc(N(c2ccccc2)c2ccccc2-c2ccc3sc4ccccc4c3c2)c1. The van der Waals surface area contributed by atoms with Gasteiger partial charge in [-0.3, -0.25) is 0 Å². The van der Waals surface area contributed by atoms with Gasteiger partial charge in [0.05, 0.1) is 5.69 Å². The lowest BCUT2D eigenvalue weighted by molar-refractivity contribution is 0.618. The van der Waals surface area contributed by atoms with E-state index in [0.29, 0.717) is 11.8 Å². The van der Waals surface area contributed by atoms with Gasteiger partial charge in [-0.25, -0.2) is 0 Å². The number of thiophene rings is 1. The molecule has 0 fully saturated rings. The highest BCUT2D eigenvalue weighted by Gasteiger charge is 2.26. The monoisotopic (exact) mass is 569 g/mol. The van der Waals surface area contributed by atoms with Gasteiger partial charge in [-0.1, -0.05) is 116 Å². The van der Waals surface area contributed by atoms with Crippen LogP contribution in [0.4, 0.5) is 17.1 Å². The molecule has 0 saturated heterocycles. The Morgan fingerprint density at radius 1 is 0.581 bits per heavy atom. The van der Waals surface area contributed by atoms with Crippen LogP contribution in [-0.2, 0) is 0 Å². The Morgan fingerprint density at radius 2 is 1.33 bits per heavy atom. The van der Waals surface area contributed by atoms with Crippen LogP contribution >= 0.6 is 11.3 Å². The average molecular weight is 570 g/mol. The van der Waals surface area contributed by atoms with E-state index in [9.17, 15) is 0 Å². The fourth-order valence-corrected chi connectivity index (χ4v) is 7.83. The van der Waals surface area contributed by atoms with E-state index >= 15 is 0 Å². The Balaban J connectivity index is 1.29. The van der Waals surface area contributed by atoms with E-state index in [0.717, 1.165) is 11.4 Å². The van der Waals surface area contributed by atoms with Gasteiger partial charge >= 0.3 is 0 Å². The van der Waals surface area contributed by atoms with E-state index in [1.165, 1.54) is 53.7 Å². The van der Waals surface area contributed by atoms with Crippen molar-refractivity contribution < 1.29 is 0 Å². The maximum Gasteiger partial charge on any atom is 0.0540 e. The highest BCUT2D eigenvalue weighted by atomic mass is 32.1. The standard InChI is InChI=1S/C41H31NS/c1-28-22-23-29-12-5-6-18-35(29)41(28)31-13-11-16-33(26-31)42(32-14-3-2-4-15-32)38-20-9-7-17-34(38)30-24-25-40-37(27-30)36-19-8-10-21-39(36)43-40/h2-28,41H,1H3. The molecule has 0 amide bonds. The molecule has 8 rings (SSSR count). The Labute approximate surface area is 257 Å². The predicted octanol–water partition coefficient (Wildman–Crippen LogP) is 12.0. The van der Waals surface area contributed by atoms with Crippen LogP contribution in [0.15, 0.2) is 152 Å². The van der Waals surface area contributed by atoms with Crippen molar-refractivity contribution in [1.29, 1.82) is 0 Å². The number of rotatable bonds is 5. The molecule has 2 atom stereocenters. The van der Waals surface area contributed by atoms with Gasteiger partial charge in [0.1, 0.15) is 0 Å². The van der Waals surface area contributed by atoms with Crippen molar-refractivity contribution in [3.05, 3.63) is 168 Å². The van der Waals surface area contributed by atoms with Crippen LogP contribution in [0.25, 0.3) is 37.4 Å². The second-order valence-electron chi connectivity index (χ2n) is 11.4. The number of hydrogen-bond donors (Lipinski definition) is 0. The number of allylic oxidation sites excluding steroid dienone is 1. The Bertz CT molecular complexity index is 2120. The third kappa shape index (κ3) is 4.56. The molecule has 0 spiro atoms. The molecule has 1 nitrogen and oxygen atoms in total. The molecular weight excluding hydrogens is 539 g/mol. The van der Waals surface area contributed by atoms with Crippen LogP contribution in [-0.4, -0.2) is 0 Å². The molecule has 1 aromatic heterocycles. The number of para-hydroxylation sites is 2. The van der Waals surface area contributed by atoms with Gasteiger partial charge in [0.15, 0.2) is 0 Å². The van der Waals surface area contributed by atoms with Crippen LogP contribution in [0.3, 0.4) is 0 Å². The molecule has 43 heavy (non-hydrogen) atoms. The van der Waals surface area contributed by atoms with Gasteiger partial charge in [0.2, 0.25) is 0 Å². The quantitative estimate of drug-likeness (QED) is 0.199. The molecule has 2 unspecified atom stereocenters. The molecule has 7 aromatic rings. The molecular formula is C41H31NS. The first-order chi connectivity index (χ1) is 21.2. The molecule has 2 heteroatoms. The van der Waals surface area contributed by atoms with Gasteiger partial charge in [-0.15, -0.1) is 11.3 Å². The molecule has 1 heterocycles. The van der Waals surface area contributed by atoms with E-state index < -0.39 is 0 Å². The minimum atomic E-state index is 0.309. The summed E-state index contributed by atoms with van der Waals surface area (Å²) >= 11 is 1.86. The molecule has 0 saturated carbocycles. The second-order valence-corrected chi connectivity index (χ2v) is 12.5. The lowest BCUT2D eigenvalue weighted by atomic mass is 9.76. The number of fused-ring (bicyclic) bond motifs is 4. The summed E-state index contributed by atoms with van der Waals surface area (Å²) in [5.74, 6) is 0.720. The minimum Gasteiger partial charge on any atom is -0.310 e. The van der Waals surface area contributed by atoms with Gasteiger partial charge in [-0.05, 0) is 76.7 Å². The van der Waals surface area contributed by atoms with Gasteiger partial charge in [0.25, 0.3) is 0 Å². The summed E-state index contributed by atoms with van der Waals surface area (Å²) in [4.78, 5) is 2.42. The third-order valence-electron chi connectivity index (χ3n) is 8.77. The fraction of sp³-hybridized carbons (Fsp3) is 0.0732. The molecule has 1 aliphatic rings. The minimum absolute atomic E-state index is 0.309. The van der Waals surface area contributed by atoms with Crippen molar-refractivity contribution >= 4 is 54.6 Å². The van der Waals surface area contributed by atoms with Crippen LogP contribution in [0.2, 0.25) is 0 Å². The molecule has 206 valence electrons. The Morgan fingerprint density at radius 3 is 2.26 bits per heavy atom. The lowest BCUT2D eigenvalue weighted by Crippen LogP contribution is -2.16. The highest BCUT2D eigenvalue weighted by molar-refractivity contribution is 7.25. The number of hydrogen-bond acceptors (Lipinski definition) is 2.